The molecule has 1 N–H and O–H groups in total. The molecule has 0 radical (unpaired) electrons. The van der Waals surface area contributed by atoms with Gasteiger partial charge in [0, 0.05) is 13.0 Å². The largest absolute Gasteiger partial charge is 0.482 e. The van der Waals surface area contributed by atoms with E-state index in [1.165, 1.54) is 0 Å². The summed E-state index contributed by atoms with van der Waals surface area (Å²) in [4.78, 5) is 27.7. The maximum Gasteiger partial charge on any atom is 0.482 e. The third-order valence-corrected chi connectivity index (χ3v) is 9.34. The number of terminal acetylenes is 1. The van der Waals surface area contributed by atoms with Gasteiger partial charge in [-0.3, -0.25) is 4.79 Å². The summed E-state index contributed by atoms with van der Waals surface area (Å²) in [5.41, 5.74) is 0.168. The number of nitriles is 1. The fourth-order valence-corrected chi connectivity index (χ4v) is 6.95. The molecule has 1 aromatic rings. The fraction of sp³-hybridized carbons (Fsp3) is 0.594. The Morgan fingerprint density at radius 3 is 2.68 bits per heavy atom. The van der Waals surface area contributed by atoms with Gasteiger partial charge in [-0.2, -0.15) is 5.26 Å². The lowest BCUT2D eigenvalue weighted by atomic mass is 9.44. The summed E-state index contributed by atoms with van der Waals surface area (Å²) in [7, 11) is -0.721. The topological polar surface area (TPSA) is 101 Å². The minimum Gasteiger partial charge on any atom is -0.444 e. The van der Waals surface area contributed by atoms with Crippen molar-refractivity contribution in [2.24, 2.45) is 22.7 Å². The van der Waals surface area contributed by atoms with Gasteiger partial charge in [0.25, 0.3) is 5.91 Å². The van der Waals surface area contributed by atoms with Crippen LogP contribution in [0.15, 0.2) is 42.0 Å². The van der Waals surface area contributed by atoms with Crippen LogP contribution in [0.2, 0.25) is 0 Å². The van der Waals surface area contributed by atoms with Crippen LogP contribution in [0.25, 0.3) is 0 Å². The van der Waals surface area contributed by atoms with E-state index in [0.717, 1.165) is 18.4 Å². The van der Waals surface area contributed by atoms with Crippen molar-refractivity contribution in [3.05, 3.63) is 47.5 Å². The van der Waals surface area contributed by atoms with Gasteiger partial charge in [-0.15, -0.1) is 6.42 Å². The summed E-state index contributed by atoms with van der Waals surface area (Å²) < 4.78 is 18.8. The van der Waals surface area contributed by atoms with Crippen molar-refractivity contribution in [3.8, 4) is 18.4 Å². The first-order chi connectivity index (χ1) is 19.3. The van der Waals surface area contributed by atoms with Crippen molar-refractivity contribution in [2.45, 2.75) is 84.1 Å². The molecule has 1 aromatic carbocycles. The third kappa shape index (κ3) is 5.76. The summed E-state index contributed by atoms with van der Waals surface area (Å²) in [5.74, 6) is 2.85. The molecular formula is C32H40BN3O5. The van der Waals surface area contributed by atoms with E-state index in [2.05, 4.69) is 25.1 Å². The first-order valence-corrected chi connectivity index (χ1v) is 14.6. The molecule has 1 unspecified atom stereocenters. The Kier molecular flexibility index (Phi) is 7.74. The van der Waals surface area contributed by atoms with Crippen LogP contribution in [-0.2, 0) is 25.3 Å². The number of nitrogens with zero attached hydrogens (tertiary/aromatic N) is 2. The van der Waals surface area contributed by atoms with E-state index in [9.17, 15) is 14.9 Å². The van der Waals surface area contributed by atoms with Gasteiger partial charge in [-0.05, 0) is 47.5 Å². The highest BCUT2D eigenvalue weighted by Crippen LogP contribution is 2.64. The smallest absolute Gasteiger partial charge is 0.444 e. The van der Waals surface area contributed by atoms with Gasteiger partial charge in [0.1, 0.15) is 23.3 Å². The number of ether oxygens (including phenoxy) is 1. The molecule has 9 heteroatoms. The van der Waals surface area contributed by atoms with Gasteiger partial charge < -0.3 is 24.3 Å². The molecule has 41 heavy (non-hydrogen) atoms. The lowest BCUT2D eigenvalue weighted by Crippen LogP contribution is -2.64. The molecule has 3 aliphatic carbocycles. The Hall–Kier alpha value is -3.27. The van der Waals surface area contributed by atoms with E-state index >= 15 is 0 Å². The number of carbonyl (C=O) groups excluding carboxylic acids is 2. The van der Waals surface area contributed by atoms with Crippen molar-refractivity contribution < 1.29 is 23.6 Å². The molecule has 5 fully saturated rings. The van der Waals surface area contributed by atoms with Gasteiger partial charge in [-0.1, -0.05) is 76.9 Å². The van der Waals surface area contributed by atoms with Crippen LogP contribution in [0.5, 0.6) is 0 Å². The van der Waals surface area contributed by atoms with Gasteiger partial charge in [-0.25, -0.2) is 4.79 Å². The maximum absolute atomic E-state index is 13.2. The molecule has 0 aromatic heterocycles. The van der Waals surface area contributed by atoms with Gasteiger partial charge in [0.15, 0.2) is 0 Å². The minimum atomic E-state index is -0.792. The monoisotopic (exact) mass is 557 g/mol. The number of carbonyl (C=O) groups is 2. The normalized spacial score (nSPS) is 30.9. The van der Waals surface area contributed by atoms with Crippen LogP contribution >= 0.6 is 0 Å². The minimum absolute atomic E-state index is 0.103. The molecule has 0 spiro atoms. The first-order valence-electron chi connectivity index (χ1n) is 14.6. The lowest BCUT2D eigenvalue weighted by Gasteiger charge is -2.62. The molecule has 6 rings (SSSR count). The van der Waals surface area contributed by atoms with Crippen LogP contribution in [0.3, 0.4) is 0 Å². The summed E-state index contributed by atoms with van der Waals surface area (Å²) in [6, 6.07) is 11.9. The number of allylic oxidation sites excluding steroid dienone is 1. The summed E-state index contributed by atoms with van der Waals surface area (Å²) in [6.07, 6.45) is 9.22. The van der Waals surface area contributed by atoms with Crippen molar-refractivity contribution in [1.29, 1.82) is 5.26 Å². The Balaban J connectivity index is 1.26. The Bertz CT molecular complexity index is 1290. The lowest BCUT2D eigenvalue weighted by molar-refractivity contribution is -0.172. The van der Waals surface area contributed by atoms with Gasteiger partial charge in [0.05, 0.1) is 18.6 Å². The highest BCUT2D eigenvalue weighted by atomic mass is 16.7. The number of nitrogens with one attached hydrogen (secondary N) is 1. The average molecular weight is 558 g/mol. The zero-order valence-corrected chi connectivity index (χ0v) is 24.7. The summed E-state index contributed by atoms with van der Waals surface area (Å²) >= 11 is 0. The van der Waals surface area contributed by atoms with Gasteiger partial charge in [0.2, 0.25) is 0 Å². The molecular weight excluding hydrogens is 517 g/mol. The van der Waals surface area contributed by atoms with Crippen LogP contribution in [0, 0.1) is 46.3 Å². The van der Waals surface area contributed by atoms with Crippen LogP contribution in [-0.4, -0.2) is 60.9 Å². The quantitative estimate of drug-likeness (QED) is 0.242. The Morgan fingerprint density at radius 2 is 2.05 bits per heavy atom. The Labute approximate surface area is 243 Å². The number of amides is 2. The number of rotatable bonds is 6. The predicted molar refractivity (Wildman–Crippen MR) is 155 cm³/mol. The number of likely N-dealkylation sites (tertiary alicyclic amines) is 1. The molecule has 216 valence electrons. The molecule has 2 saturated heterocycles. The van der Waals surface area contributed by atoms with E-state index in [1.54, 1.807) is 11.0 Å². The molecule has 5 aliphatic rings. The number of alkyl carbamates (subject to hydrolysis) is 1. The first kappa shape index (κ1) is 29.2. The number of hydrogen-bond donors (Lipinski definition) is 1. The SMILES string of the molecule is C#C[C@@]12C[C@@H]3C[C@H](C1OB([C@H](Cc1ccccc1)NC(=O)O[C@H]1CCN(C(=O)/C(C#N)=C/C(C)(C)C)C1)O2)C3(C)C. The summed E-state index contributed by atoms with van der Waals surface area (Å²) in [5, 5.41) is 12.5. The van der Waals surface area contributed by atoms with Crippen LogP contribution in [0.1, 0.15) is 59.4 Å². The second-order valence-electron chi connectivity index (χ2n) is 13.7. The second-order valence-corrected chi connectivity index (χ2v) is 13.7. The maximum atomic E-state index is 13.2. The van der Waals surface area contributed by atoms with Crippen LogP contribution < -0.4 is 5.32 Å². The second kappa shape index (κ2) is 10.9. The molecule has 8 nitrogen and oxygen atoms in total. The fourth-order valence-electron chi connectivity index (χ4n) is 6.95. The molecule has 2 bridgehead atoms. The Morgan fingerprint density at radius 1 is 1.32 bits per heavy atom. The van der Waals surface area contributed by atoms with Crippen LogP contribution in [0.4, 0.5) is 4.79 Å². The van der Waals surface area contributed by atoms with Gasteiger partial charge >= 0.3 is 13.2 Å². The third-order valence-electron chi connectivity index (χ3n) is 9.34. The number of benzene rings is 1. The zero-order chi connectivity index (χ0) is 29.6. The highest BCUT2D eigenvalue weighted by Gasteiger charge is 2.68. The number of hydrogen-bond acceptors (Lipinski definition) is 6. The molecule has 2 aliphatic heterocycles. The van der Waals surface area contributed by atoms with E-state index in [1.807, 2.05) is 57.2 Å². The van der Waals surface area contributed by atoms with E-state index in [4.69, 9.17) is 20.5 Å². The summed E-state index contributed by atoms with van der Waals surface area (Å²) in [6.45, 7) is 11.0. The molecule has 2 amide bonds. The molecule has 6 atom stereocenters. The van der Waals surface area contributed by atoms with Crippen molar-refractivity contribution >= 4 is 19.1 Å². The van der Waals surface area contributed by atoms with Crippen molar-refractivity contribution in [2.75, 3.05) is 13.1 Å². The van der Waals surface area contributed by atoms with Crippen molar-refractivity contribution in [3.63, 3.8) is 0 Å². The zero-order valence-electron chi connectivity index (χ0n) is 24.7. The highest BCUT2D eigenvalue weighted by molar-refractivity contribution is 6.48. The predicted octanol–water partition coefficient (Wildman–Crippen LogP) is 4.30. The molecule has 2 heterocycles. The van der Waals surface area contributed by atoms with E-state index < -0.39 is 30.9 Å². The standard InChI is InChI=1S/C32H40BN3O5/c1-7-32-18-23-16-25(31(23,5)6)27(32)40-33(41-32)26(15-21-11-9-8-10-12-21)35-29(38)39-24-13-14-36(20-24)28(37)22(19-34)17-30(2,3)4/h1,8-12,17,23-27H,13-16,18,20H2,2-6H3,(H,35,38)/b22-17+/t23-,24-,25+,26-,27?,32+/m0/s1. The van der Waals surface area contributed by atoms with Crippen molar-refractivity contribution in [1.82, 2.24) is 10.2 Å². The average Bonchev–Trinajstić information content (AvgIpc) is 3.56. The van der Waals surface area contributed by atoms with E-state index in [-0.39, 0.29) is 35.0 Å². The molecule has 3 saturated carbocycles. The van der Waals surface area contributed by atoms with E-state index in [0.29, 0.717) is 31.2 Å².